The van der Waals surface area contributed by atoms with Gasteiger partial charge >= 0.3 is 26.0 Å². The van der Waals surface area contributed by atoms with Crippen LogP contribution < -0.4 is 5.32 Å². The number of hydrogen-bond donors (Lipinski definition) is 1. The maximum atomic E-state index is 12.3. The Hall–Kier alpha value is -2.57. The Labute approximate surface area is 192 Å². The maximum absolute atomic E-state index is 12.3. The normalized spacial score (nSPS) is 12.8. The van der Waals surface area contributed by atoms with Crippen LogP contribution in [-0.2, 0) is 39.7 Å². The highest BCUT2D eigenvalue weighted by Gasteiger charge is 2.36. The zero-order valence-electron chi connectivity index (χ0n) is 17.7. The van der Waals surface area contributed by atoms with Gasteiger partial charge in [0.1, 0.15) is 6.33 Å². The number of carbonyl (C=O) groups is 1. The van der Waals surface area contributed by atoms with Crippen molar-refractivity contribution in [2.45, 2.75) is 25.8 Å². The highest BCUT2D eigenvalue weighted by Crippen LogP contribution is 2.49. The molecular formula is C15H18F6N5O8P. The largest absolute Gasteiger partial charge is 0.450 e. The fourth-order valence-corrected chi connectivity index (χ4v) is 3.03. The predicted molar refractivity (Wildman–Crippen MR) is 101 cm³/mol. The number of nitrogens with zero attached hydrogens (tertiary/aromatic N) is 4. The van der Waals surface area contributed by atoms with Gasteiger partial charge in [0.25, 0.3) is 0 Å². The summed E-state index contributed by atoms with van der Waals surface area (Å²) in [6, 6.07) is 0. The molecule has 0 spiro atoms. The number of aromatic nitrogens is 4. The molecule has 0 aliphatic carbocycles. The van der Waals surface area contributed by atoms with Gasteiger partial charge in [-0.15, -0.1) is 9.35 Å². The van der Waals surface area contributed by atoms with Gasteiger partial charge in [-0.3, -0.25) is 9.88 Å². The van der Waals surface area contributed by atoms with Gasteiger partial charge in [0.15, 0.2) is 36.5 Å². The Morgan fingerprint density at radius 3 is 2.26 bits per heavy atom. The van der Waals surface area contributed by atoms with Crippen molar-refractivity contribution in [2.24, 2.45) is 0 Å². The number of carbonyl (C=O) groups excluding carboxylic acids is 1. The van der Waals surface area contributed by atoms with Crippen LogP contribution in [0.3, 0.4) is 0 Å². The summed E-state index contributed by atoms with van der Waals surface area (Å²) in [6.07, 6.45) is -9.27. The molecule has 0 saturated heterocycles. The van der Waals surface area contributed by atoms with Crippen molar-refractivity contribution < 1.29 is 64.3 Å². The number of rotatable bonds is 13. The Morgan fingerprint density at radius 1 is 1.06 bits per heavy atom. The molecule has 0 aliphatic heterocycles. The molecule has 0 aromatic carbocycles. The lowest BCUT2D eigenvalue weighted by atomic mass is 10.5. The number of imidazole rings is 1. The third kappa shape index (κ3) is 10.3. The molecule has 0 fully saturated rings. The van der Waals surface area contributed by atoms with Crippen molar-refractivity contribution in [3.05, 3.63) is 12.7 Å². The van der Waals surface area contributed by atoms with Crippen LogP contribution in [0.4, 0.5) is 37.0 Å². The number of nitrogens with one attached hydrogen (secondary N) is 1. The maximum Gasteiger partial charge on any atom is 0.414 e. The van der Waals surface area contributed by atoms with Gasteiger partial charge in [-0.25, -0.2) is 29.5 Å². The molecule has 0 aliphatic rings. The number of anilines is 1. The van der Waals surface area contributed by atoms with E-state index in [4.69, 9.17) is 9.47 Å². The number of fused-ring (bicyclic) bond motifs is 1. The van der Waals surface area contributed by atoms with Crippen molar-refractivity contribution in [1.82, 2.24) is 19.5 Å². The fourth-order valence-electron chi connectivity index (χ4n) is 2.14. The van der Waals surface area contributed by atoms with Gasteiger partial charge in [-0.05, 0) is 6.92 Å². The molecule has 35 heavy (non-hydrogen) atoms. The summed E-state index contributed by atoms with van der Waals surface area (Å²) in [5, 5.41) is 2.37. The van der Waals surface area contributed by atoms with Crippen LogP contribution in [0.2, 0.25) is 0 Å². The van der Waals surface area contributed by atoms with Crippen LogP contribution in [0.25, 0.3) is 11.2 Å². The van der Waals surface area contributed by atoms with E-state index in [0.29, 0.717) is 0 Å². The van der Waals surface area contributed by atoms with Crippen LogP contribution in [0.1, 0.15) is 6.92 Å². The highest BCUT2D eigenvalue weighted by atomic mass is 31.2. The standard InChI is InChI=1S/C15H18F6N5O8P/c1-2-30-13(27)25-11-10-12(23-7-22-11)26(8-24-10)3-4-29-9-35(28,33-31-5-14(16,17)18)34-32-6-15(19,20)21/h7-8H,2-6,9H2,1H3,(H,22,23,25,27). The molecule has 2 heterocycles. The second kappa shape index (κ2) is 12.4. The first kappa shape index (κ1) is 28.7. The molecule has 2 rings (SSSR count). The van der Waals surface area contributed by atoms with E-state index in [1.165, 1.54) is 10.9 Å². The van der Waals surface area contributed by atoms with Crippen LogP contribution in [0.15, 0.2) is 12.7 Å². The monoisotopic (exact) mass is 541 g/mol. The second-order valence-corrected chi connectivity index (χ2v) is 8.01. The molecule has 0 atom stereocenters. The first-order valence-corrected chi connectivity index (χ1v) is 11.1. The number of amides is 1. The smallest absolute Gasteiger partial charge is 0.414 e. The second-order valence-electron chi connectivity index (χ2n) is 6.23. The van der Waals surface area contributed by atoms with E-state index in [2.05, 4.69) is 39.4 Å². The van der Waals surface area contributed by atoms with E-state index in [1.54, 1.807) is 6.92 Å². The first-order valence-electron chi connectivity index (χ1n) is 9.34. The first-order chi connectivity index (χ1) is 16.3. The van der Waals surface area contributed by atoms with Crippen LogP contribution in [0.5, 0.6) is 0 Å². The number of halogens is 6. The highest BCUT2D eigenvalue weighted by molar-refractivity contribution is 7.53. The Morgan fingerprint density at radius 2 is 1.69 bits per heavy atom. The minimum Gasteiger partial charge on any atom is -0.450 e. The molecule has 0 radical (unpaired) electrons. The topological polar surface area (TPSA) is 145 Å². The number of alkyl halides is 6. The average molecular weight is 541 g/mol. The third-order valence-corrected chi connectivity index (χ3v) is 4.56. The van der Waals surface area contributed by atoms with Crippen molar-refractivity contribution in [1.29, 1.82) is 0 Å². The van der Waals surface area contributed by atoms with E-state index in [-0.39, 0.29) is 36.7 Å². The average Bonchev–Trinajstić information content (AvgIpc) is 3.14. The Bertz CT molecular complexity index is 996. The lowest BCUT2D eigenvalue weighted by molar-refractivity contribution is -0.322. The van der Waals surface area contributed by atoms with Crippen LogP contribution in [0, 0.1) is 0 Å². The van der Waals surface area contributed by atoms with Crippen LogP contribution in [-0.4, -0.2) is 70.7 Å². The molecule has 0 saturated carbocycles. The minimum atomic E-state index is -4.89. The van der Waals surface area contributed by atoms with Crippen LogP contribution >= 0.6 is 7.60 Å². The minimum absolute atomic E-state index is 0.0425. The summed E-state index contributed by atoms with van der Waals surface area (Å²) in [4.78, 5) is 31.0. The molecule has 13 nitrogen and oxygen atoms in total. The van der Waals surface area contributed by atoms with Gasteiger partial charge in [0.2, 0.25) is 0 Å². The molecule has 1 N–H and O–H groups in total. The number of hydrogen-bond acceptors (Lipinski definition) is 11. The van der Waals surface area contributed by atoms with E-state index in [9.17, 15) is 35.7 Å². The zero-order chi connectivity index (χ0) is 26.1. The lowest BCUT2D eigenvalue weighted by Crippen LogP contribution is -2.19. The van der Waals surface area contributed by atoms with Crippen molar-refractivity contribution in [3.63, 3.8) is 0 Å². The Kier molecular flexibility index (Phi) is 10.2. The summed E-state index contributed by atoms with van der Waals surface area (Å²) in [7, 11) is -4.86. The van der Waals surface area contributed by atoms with E-state index >= 15 is 0 Å². The van der Waals surface area contributed by atoms with Gasteiger partial charge in [0.05, 0.1) is 19.5 Å². The van der Waals surface area contributed by atoms with E-state index in [0.717, 1.165) is 6.33 Å². The van der Waals surface area contributed by atoms with Gasteiger partial charge in [-0.2, -0.15) is 26.3 Å². The van der Waals surface area contributed by atoms with Gasteiger partial charge in [-0.1, -0.05) is 0 Å². The Balaban J connectivity index is 1.96. The van der Waals surface area contributed by atoms with E-state index in [1.807, 2.05) is 0 Å². The molecule has 2 aromatic heterocycles. The summed E-state index contributed by atoms with van der Waals surface area (Å²) >= 11 is 0. The molecule has 198 valence electrons. The molecular weight excluding hydrogens is 523 g/mol. The molecule has 2 aromatic rings. The fraction of sp³-hybridized carbons (Fsp3) is 0.600. The van der Waals surface area contributed by atoms with Gasteiger partial charge < -0.3 is 14.0 Å². The van der Waals surface area contributed by atoms with Gasteiger partial charge in [0, 0.05) is 6.54 Å². The summed E-state index contributed by atoms with van der Waals surface area (Å²) < 4.78 is 104. The van der Waals surface area contributed by atoms with Crippen molar-refractivity contribution in [3.8, 4) is 0 Å². The SMILES string of the molecule is CCOC(=O)Nc1ncnc2c1ncn2CCOCP(=O)(OOCC(F)(F)F)OOCC(F)(F)F. The molecule has 20 heteroatoms. The van der Waals surface area contributed by atoms with Crippen molar-refractivity contribution >= 4 is 30.7 Å². The van der Waals surface area contributed by atoms with E-state index < -0.39 is 45.6 Å². The predicted octanol–water partition coefficient (Wildman–Crippen LogP) is 3.58. The quantitative estimate of drug-likeness (QED) is 0.131. The summed E-state index contributed by atoms with van der Waals surface area (Å²) in [5.74, 6) is 0.0445. The molecule has 1 amide bonds. The zero-order valence-corrected chi connectivity index (χ0v) is 18.6. The van der Waals surface area contributed by atoms with Crippen molar-refractivity contribution in [2.75, 3.05) is 38.1 Å². The lowest BCUT2D eigenvalue weighted by Gasteiger charge is -2.17. The molecule has 0 unspecified atom stereocenters. The third-order valence-electron chi connectivity index (χ3n) is 3.40. The summed E-state index contributed by atoms with van der Waals surface area (Å²) in [5.41, 5.74) is 0.409. The number of ether oxygens (including phenoxy) is 2. The molecule has 0 bridgehead atoms. The summed E-state index contributed by atoms with van der Waals surface area (Å²) in [6.45, 7) is -2.69.